The number of likely N-dealkylation sites (tertiary alicyclic amines) is 1. The van der Waals surface area contributed by atoms with Gasteiger partial charge in [-0.3, -0.25) is 4.79 Å². The molecule has 0 bridgehead atoms. The van der Waals surface area contributed by atoms with Gasteiger partial charge in [0, 0.05) is 53.5 Å². The topological polar surface area (TPSA) is 86.0 Å². The molecule has 0 radical (unpaired) electrons. The standard InChI is InChI=1S/C36H38N6O2/c1-24(2)31-12-13-32(40-39-31)26-8-10-30(11-9-26)44-34-20-33-28(19-29(34)23-42-16-4-3-5-35(42)43)21-37-36(38-33)27-14-17-41(18-15-27)22-25-6-7-25/h3-5,8-13,16,19-21,24-25,27H,6-7,14-15,17-18,22-23H2,1-2H3. The highest BCUT2D eigenvalue weighted by atomic mass is 16.5. The van der Waals surface area contributed by atoms with Gasteiger partial charge in [0.1, 0.15) is 17.3 Å². The van der Waals surface area contributed by atoms with Gasteiger partial charge in [-0.05, 0) is 99.1 Å². The van der Waals surface area contributed by atoms with E-state index in [-0.39, 0.29) is 5.56 Å². The molecule has 224 valence electrons. The van der Waals surface area contributed by atoms with Gasteiger partial charge >= 0.3 is 0 Å². The molecule has 1 saturated heterocycles. The van der Waals surface area contributed by atoms with Crippen LogP contribution in [0, 0.1) is 5.92 Å². The van der Waals surface area contributed by atoms with Crippen molar-refractivity contribution in [2.45, 2.75) is 57.9 Å². The number of ether oxygens (including phenoxy) is 1. The summed E-state index contributed by atoms with van der Waals surface area (Å²) in [7, 11) is 0. The predicted octanol–water partition coefficient (Wildman–Crippen LogP) is 6.80. The molecule has 1 saturated carbocycles. The molecule has 7 rings (SSSR count). The van der Waals surface area contributed by atoms with E-state index < -0.39 is 0 Å². The lowest BCUT2D eigenvalue weighted by Crippen LogP contribution is -2.34. The number of pyridine rings is 1. The quantitative estimate of drug-likeness (QED) is 0.188. The smallest absolute Gasteiger partial charge is 0.250 e. The molecule has 0 unspecified atom stereocenters. The molecule has 5 aromatic rings. The van der Waals surface area contributed by atoms with Crippen LogP contribution >= 0.6 is 0 Å². The summed E-state index contributed by atoms with van der Waals surface area (Å²) in [6, 6.07) is 21.1. The Hall–Kier alpha value is -4.43. The van der Waals surface area contributed by atoms with Crippen molar-refractivity contribution >= 4 is 10.9 Å². The first-order valence-electron chi connectivity index (χ1n) is 15.8. The van der Waals surface area contributed by atoms with Crippen LogP contribution < -0.4 is 10.3 Å². The Labute approximate surface area is 257 Å². The minimum atomic E-state index is -0.0629. The normalized spacial score (nSPS) is 16.1. The van der Waals surface area contributed by atoms with E-state index in [0.29, 0.717) is 29.9 Å². The van der Waals surface area contributed by atoms with E-state index in [1.165, 1.54) is 19.4 Å². The number of aromatic nitrogens is 5. The summed E-state index contributed by atoms with van der Waals surface area (Å²) in [5.41, 5.74) is 4.43. The highest BCUT2D eigenvalue weighted by Crippen LogP contribution is 2.35. The van der Waals surface area contributed by atoms with Crippen LogP contribution in [0.15, 0.2) is 83.9 Å². The maximum absolute atomic E-state index is 12.6. The second kappa shape index (κ2) is 12.3. The molecule has 0 amide bonds. The van der Waals surface area contributed by atoms with Crippen molar-refractivity contribution in [3.8, 4) is 22.8 Å². The fourth-order valence-corrected chi connectivity index (χ4v) is 5.98. The fourth-order valence-electron chi connectivity index (χ4n) is 5.98. The summed E-state index contributed by atoms with van der Waals surface area (Å²) in [5, 5.41) is 9.72. The third kappa shape index (κ3) is 6.40. The molecule has 0 spiro atoms. The van der Waals surface area contributed by atoms with E-state index in [9.17, 15) is 4.79 Å². The Bertz CT molecular complexity index is 1800. The van der Waals surface area contributed by atoms with Gasteiger partial charge in [-0.15, -0.1) is 0 Å². The van der Waals surface area contributed by atoms with Crippen molar-refractivity contribution in [3.05, 3.63) is 107 Å². The molecular weight excluding hydrogens is 548 g/mol. The first-order valence-corrected chi connectivity index (χ1v) is 15.8. The lowest BCUT2D eigenvalue weighted by atomic mass is 9.95. The minimum absolute atomic E-state index is 0.0629. The summed E-state index contributed by atoms with van der Waals surface area (Å²) in [6.07, 6.45) is 8.69. The molecule has 2 fully saturated rings. The average Bonchev–Trinajstić information content (AvgIpc) is 3.87. The van der Waals surface area contributed by atoms with Gasteiger partial charge < -0.3 is 14.2 Å². The molecule has 44 heavy (non-hydrogen) atoms. The first-order chi connectivity index (χ1) is 21.5. The number of fused-ring (bicyclic) bond motifs is 1. The summed E-state index contributed by atoms with van der Waals surface area (Å²) < 4.78 is 8.18. The van der Waals surface area contributed by atoms with Crippen molar-refractivity contribution in [2.75, 3.05) is 19.6 Å². The van der Waals surface area contributed by atoms with Crippen molar-refractivity contribution in [2.24, 2.45) is 5.92 Å². The number of nitrogens with zero attached hydrogens (tertiary/aromatic N) is 6. The third-order valence-electron chi connectivity index (χ3n) is 8.84. The zero-order valence-corrected chi connectivity index (χ0v) is 25.4. The number of hydrogen-bond acceptors (Lipinski definition) is 7. The molecule has 0 N–H and O–H groups in total. The van der Waals surface area contributed by atoms with Gasteiger partial charge in [0.25, 0.3) is 5.56 Å². The van der Waals surface area contributed by atoms with Crippen molar-refractivity contribution in [3.63, 3.8) is 0 Å². The first kappa shape index (κ1) is 28.3. The van der Waals surface area contributed by atoms with Crippen LogP contribution in [-0.4, -0.2) is 49.3 Å². The molecule has 8 heteroatoms. The summed E-state index contributed by atoms with van der Waals surface area (Å²) in [4.78, 5) is 25.0. The Morgan fingerprint density at radius 1 is 0.932 bits per heavy atom. The van der Waals surface area contributed by atoms with Gasteiger partial charge in [0.05, 0.1) is 23.4 Å². The zero-order chi connectivity index (χ0) is 30.0. The Balaban J connectivity index is 1.16. The second-order valence-electron chi connectivity index (χ2n) is 12.6. The summed E-state index contributed by atoms with van der Waals surface area (Å²) in [6.45, 7) is 8.07. The van der Waals surface area contributed by atoms with Gasteiger partial charge in [-0.2, -0.15) is 10.2 Å². The molecule has 1 aliphatic carbocycles. The summed E-state index contributed by atoms with van der Waals surface area (Å²) >= 11 is 0. The second-order valence-corrected chi connectivity index (χ2v) is 12.6. The van der Waals surface area contributed by atoms with Crippen molar-refractivity contribution in [1.82, 2.24) is 29.6 Å². The average molecular weight is 587 g/mol. The molecule has 1 aliphatic heterocycles. The third-order valence-corrected chi connectivity index (χ3v) is 8.84. The van der Waals surface area contributed by atoms with Crippen LogP contribution in [0.1, 0.15) is 68.4 Å². The molecule has 0 atom stereocenters. The molecule has 8 nitrogen and oxygen atoms in total. The fraction of sp³-hybridized carbons (Fsp3) is 0.361. The van der Waals surface area contributed by atoms with E-state index in [4.69, 9.17) is 14.7 Å². The van der Waals surface area contributed by atoms with Crippen molar-refractivity contribution in [1.29, 1.82) is 0 Å². The van der Waals surface area contributed by atoms with E-state index in [1.807, 2.05) is 60.8 Å². The van der Waals surface area contributed by atoms with Crippen LogP contribution in [-0.2, 0) is 6.54 Å². The number of rotatable bonds is 9. The van der Waals surface area contributed by atoms with E-state index >= 15 is 0 Å². The molecule has 3 aromatic heterocycles. The predicted molar refractivity (Wildman–Crippen MR) is 172 cm³/mol. The molecule has 2 aliphatic rings. The zero-order valence-electron chi connectivity index (χ0n) is 25.4. The van der Waals surface area contributed by atoms with E-state index in [1.54, 1.807) is 22.9 Å². The summed E-state index contributed by atoms with van der Waals surface area (Å²) in [5.74, 6) is 3.90. The van der Waals surface area contributed by atoms with E-state index in [0.717, 1.165) is 71.1 Å². The lowest BCUT2D eigenvalue weighted by Gasteiger charge is -2.31. The molecule has 4 heterocycles. The monoisotopic (exact) mass is 586 g/mol. The number of benzene rings is 2. The van der Waals surface area contributed by atoms with Crippen LogP contribution in [0.4, 0.5) is 0 Å². The SMILES string of the molecule is CC(C)c1ccc(-c2ccc(Oc3cc4nc(C5CCN(CC6CC6)CC5)ncc4cc3Cn3ccccc3=O)cc2)nn1. The van der Waals surface area contributed by atoms with Crippen LogP contribution in [0.3, 0.4) is 0 Å². The Kier molecular flexibility index (Phi) is 7.91. The Morgan fingerprint density at radius 3 is 2.45 bits per heavy atom. The Morgan fingerprint density at radius 2 is 1.75 bits per heavy atom. The molecule has 2 aromatic carbocycles. The largest absolute Gasteiger partial charge is 0.457 e. The minimum Gasteiger partial charge on any atom is -0.457 e. The van der Waals surface area contributed by atoms with Gasteiger partial charge in [-0.25, -0.2) is 9.97 Å². The number of piperidine rings is 1. The maximum Gasteiger partial charge on any atom is 0.250 e. The van der Waals surface area contributed by atoms with Crippen LogP contribution in [0.2, 0.25) is 0 Å². The van der Waals surface area contributed by atoms with Gasteiger partial charge in [0.15, 0.2) is 0 Å². The van der Waals surface area contributed by atoms with Crippen LogP contribution in [0.5, 0.6) is 11.5 Å². The lowest BCUT2D eigenvalue weighted by molar-refractivity contribution is 0.202. The highest BCUT2D eigenvalue weighted by molar-refractivity contribution is 5.81. The number of hydrogen-bond donors (Lipinski definition) is 0. The van der Waals surface area contributed by atoms with Crippen molar-refractivity contribution < 1.29 is 4.74 Å². The maximum atomic E-state index is 12.6. The van der Waals surface area contributed by atoms with E-state index in [2.05, 4.69) is 28.9 Å². The van der Waals surface area contributed by atoms with Gasteiger partial charge in [0.2, 0.25) is 0 Å². The molecular formula is C36H38N6O2. The van der Waals surface area contributed by atoms with Crippen LogP contribution in [0.25, 0.3) is 22.2 Å². The van der Waals surface area contributed by atoms with Gasteiger partial charge in [-0.1, -0.05) is 19.9 Å². The highest BCUT2D eigenvalue weighted by Gasteiger charge is 2.28.